The van der Waals surface area contributed by atoms with Crippen molar-refractivity contribution in [2.24, 2.45) is 0 Å². The summed E-state index contributed by atoms with van der Waals surface area (Å²) in [5, 5.41) is 3.33. The lowest BCUT2D eigenvalue weighted by molar-refractivity contribution is 0.102. The summed E-state index contributed by atoms with van der Waals surface area (Å²) in [5.74, 6) is -0.288. The SMILES string of the molecule is O=C(Nc1ccc(S(=O)(=O)N2CCCC2)cc1)c1ccc(-c2ncccc2Cl)cc1. The zero-order chi connectivity index (χ0) is 21.1. The summed E-state index contributed by atoms with van der Waals surface area (Å²) in [6.45, 7) is 1.11. The largest absolute Gasteiger partial charge is 0.322 e. The third kappa shape index (κ3) is 4.23. The molecule has 0 atom stereocenters. The third-order valence-electron chi connectivity index (χ3n) is 4.99. The second kappa shape index (κ2) is 8.55. The summed E-state index contributed by atoms with van der Waals surface area (Å²) >= 11 is 6.17. The summed E-state index contributed by atoms with van der Waals surface area (Å²) in [5.41, 5.74) is 2.46. The van der Waals surface area contributed by atoms with E-state index in [0.717, 1.165) is 18.4 Å². The van der Waals surface area contributed by atoms with Gasteiger partial charge in [-0.3, -0.25) is 9.78 Å². The molecular weight excluding hydrogens is 422 g/mol. The quantitative estimate of drug-likeness (QED) is 0.634. The highest BCUT2D eigenvalue weighted by atomic mass is 35.5. The fourth-order valence-corrected chi connectivity index (χ4v) is 5.12. The molecule has 1 N–H and O–H groups in total. The molecule has 1 fully saturated rings. The van der Waals surface area contributed by atoms with Gasteiger partial charge in [0.15, 0.2) is 0 Å². The van der Waals surface area contributed by atoms with Crippen LogP contribution in [0.4, 0.5) is 5.69 Å². The Bertz CT molecular complexity index is 1160. The van der Waals surface area contributed by atoms with Crippen molar-refractivity contribution in [2.75, 3.05) is 18.4 Å². The van der Waals surface area contributed by atoms with E-state index in [2.05, 4.69) is 10.3 Å². The number of carbonyl (C=O) groups is 1. The van der Waals surface area contributed by atoms with E-state index in [1.54, 1.807) is 54.7 Å². The van der Waals surface area contributed by atoms with Crippen molar-refractivity contribution >= 4 is 33.2 Å². The number of carbonyl (C=O) groups excluding carboxylic acids is 1. The number of aromatic nitrogens is 1. The van der Waals surface area contributed by atoms with Gasteiger partial charge >= 0.3 is 0 Å². The van der Waals surface area contributed by atoms with E-state index >= 15 is 0 Å². The van der Waals surface area contributed by atoms with E-state index in [1.807, 2.05) is 0 Å². The molecule has 4 rings (SSSR count). The summed E-state index contributed by atoms with van der Waals surface area (Å²) in [4.78, 5) is 17.0. The minimum Gasteiger partial charge on any atom is -0.322 e. The van der Waals surface area contributed by atoms with Crippen molar-refractivity contribution in [3.8, 4) is 11.3 Å². The van der Waals surface area contributed by atoms with Gasteiger partial charge in [-0.05, 0) is 61.4 Å². The van der Waals surface area contributed by atoms with Gasteiger partial charge in [-0.1, -0.05) is 23.7 Å². The number of anilines is 1. The minimum atomic E-state index is -3.47. The van der Waals surface area contributed by atoms with Gasteiger partial charge in [-0.2, -0.15) is 4.31 Å². The molecule has 2 aromatic carbocycles. The monoisotopic (exact) mass is 441 g/mol. The van der Waals surface area contributed by atoms with Gasteiger partial charge in [0.1, 0.15) is 0 Å². The number of hydrogen-bond acceptors (Lipinski definition) is 4. The van der Waals surface area contributed by atoms with Crippen LogP contribution in [0.25, 0.3) is 11.3 Å². The zero-order valence-corrected chi connectivity index (χ0v) is 17.7. The maximum atomic E-state index is 12.6. The first-order chi connectivity index (χ1) is 14.4. The third-order valence-corrected chi connectivity index (χ3v) is 7.21. The van der Waals surface area contributed by atoms with Crippen LogP contribution in [0.1, 0.15) is 23.2 Å². The Morgan fingerprint density at radius 2 is 1.63 bits per heavy atom. The van der Waals surface area contributed by atoms with Crippen LogP contribution < -0.4 is 5.32 Å². The van der Waals surface area contributed by atoms with Crippen LogP contribution >= 0.6 is 11.6 Å². The van der Waals surface area contributed by atoms with Crippen molar-refractivity contribution in [1.82, 2.24) is 9.29 Å². The Kier molecular flexibility index (Phi) is 5.85. The van der Waals surface area contributed by atoms with Crippen molar-refractivity contribution in [1.29, 1.82) is 0 Å². The van der Waals surface area contributed by atoms with Crippen LogP contribution in [0, 0.1) is 0 Å². The predicted molar refractivity (Wildman–Crippen MR) is 117 cm³/mol. The number of hydrogen-bond donors (Lipinski definition) is 1. The lowest BCUT2D eigenvalue weighted by Gasteiger charge is -2.15. The number of sulfonamides is 1. The molecule has 6 nitrogen and oxygen atoms in total. The topological polar surface area (TPSA) is 79.4 Å². The number of nitrogens with one attached hydrogen (secondary N) is 1. The second-order valence-electron chi connectivity index (χ2n) is 7.00. The van der Waals surface area contributed by atoms with Crippen LogP contribution in [0.5, 0.6) is 0 Å². The van der Waals surface area contributed by atoms with Crippen LogP contribution in [-0.4, -0.2) is 36.7 Å². The molecule has 0 radical (unpaired) electrons. The van der Waals surface area contributed by atoms with E-state index in [4.69, 9.17) is 11.6 Å². The lowest BCUT2D eigenvalue weighted by atomic mass is 10.1. The standard InChI is InChI=1S/C22H20ClN3O3S/c23-20-4-3-13-24-21(20)16-5-7-17(8-6-16)22(27)25-18-9-11-19(12-10-18)30(28,29)26-14-1-2-15-26/h3-13H,1-2,14-15H2,(H,25,27). The van der Waals surface area contributed by atoms with Gasteiger partial charge in [-0.15, -0.1) is 0 Å². The summed E-state index contributed by atoms with van der Waals surface area (Å²) in [6, 6.07) is 16.7. The zero-order valence-electron chi connectivity index (χ0n) is 16.1. The number of pyridine rings is 1. The number of rotatable bonds is 5. The average molecular weight is 442 g/mol. The molecule has 0 unspecified atom stereocenters. The molecule has 1 aromatic heterocycles. The highest BCUT2D eigenvalue weighted by Crippen LogP contribution is 2.26. The molecular formula is C22H20ClN3O3S. The Hall–Kier alpha value is -2.74. The average Bonchev–Trinajstić information content (AvgIpc) is 3.31. The van der Waals surface area contributed by atoms with E-state index in [0.29, 0.717) is 35.1 Å². The van der Waals surface area contributed by atoms with Crippen molar-refractivity contribution in [3.05, 3.63) is 77.4 Å². The maximum absolute atomic E-state index is 12.6. The molecule has 3 aromatic rings. The Morgan fingerprint density at radius 3 is 2.27 bits per heavy atom. The molecule has 1 aliphatic rings. The predicted octanol–water partition coefficient (Wildman–Crippen LogP) is 4.44. The summed E-state index contributed by atoms with van der Waals surface area (Å²) in [7, 11) is -3.47. The van der Waals surface area contributed by atoms with E-state index in [-0.39, 0.29) is 10.8 Å². The Morgan fingerprint density at radius 1 is 0.967 bits per heavy atom. The highest BCUT2D eigenvalue weighted by molar-refractivity contribution is 7.89. The van der Waals surface area contributed by atoms with Crippen molar-refractivity contribution in [3.63, 3.8) is 0 Å². The molecule has 0 aliphatic carbocycles. The van der Waals surface area contributed by atoms with Crippen LogP contribution in [0.3, 0.4) is 0 Å². The first kappa shape index (κ1) is 20.5. The second-order valence-corrected chi connectivity index (χ2v) is 9.35. The molecule has 0 saturated carbocycles. The Labute approximate surface area is 180 Å². The smallest absolute Gasteiger partial charge is 0.255 e. The highest BCUT2D eigenvalue weighted by Gasteiger charge is 2.26. The van der Waals surface area contributed by atoms with Gasteiger partial charge in [-0.25, -0.2) is 8.42 Å². The molecule has 154 valence electrons. The van der Waals surface area contributed by atoms with Gasteiger partial charge < -0.3 is 5.32 Å². The summed E-state index contributed by atoms with van der Waals surface area (Å²) < 4.78 is 26.7. The maximum Gasteiger partial charge on any atom is 0.255 e. The van der Waals surface area contributed by atoms with E-state index < -0.39 is 10.0 Å². The molecule has 1 saturated heterocycles. The van der Waals surface area contributed by atoms with Crippen LogP contribution in [0.2, 0.25) is 5.02 Å². The van der Waals surface area contributed by atoms with E-state index in [1.165, 1.54) is 16.4 Å². The fraction of sp³-hybridized carbons (Fsp3) is 0.182. The molecule has 2 heterocycles. The van der Waals surface area contributed by atoms with E-state index in [9.17, 15) is 13.2 Å². The fourth-order valence-electron chi connectivity index (χ4n) is 3.37. The van der Waals surface area contributed by atoms with Crippen LogP contribution in [0.15, 0.2) is 71.8 Å². The lowest BCUT2D eigenvalue weighted by Crippen LogP contribution is -2.27. The van der Waals surface area contributed by atoms with Gasteiger partial charge in [0.25, 0.3) is 5.91 Å². The number of amides is 1. The first-order valence-corrected chi connectivity index (χ1v) is 11.4. The minimum absolute atomic E-state index is 0.235. The van der Waals surface area contributed by atoms with Crippen molar-refractivity contribution in [2.45, 2.75) is 17.7 Å². The Balaban J connectivity index is 1.46. The van der Waals surface area contributed by atoms with Crippen LogP contribution in [-0.2, 0) is 10.0 Å². The molecule has 8 heteroatoms. The van der Waals surface area contributed by atoms with Gasteiger partial charge in [0.05, 0.1) is 15.6 Å². The van der Waals surface area contributed by atoms with Gasteiger partial charge in [0, 0.05) is 36.1 Å². The molecule has 1 amide bonds. The van der Waals surface area contributed by atoms with Crippen molar-refractivity contribution < 1.29 is 13.2 Å². The number of halogens is 1. The molecule has 30 heavy (non-hydrogen) atoms. The first-order valence-electron chi connectivity index (χ1n) is 9.58. The molecule has 1 aliphatic heterocycles. The van der Waals surface area contributed by atoms with Gasteiger partial charge in [0.2, 0.25) is 10.0 Å². The summed E-state index contributed by atoms with van der Waals surface area (Å²) in [6.07, 6.45) is 3.44. The number of nitrogens with zero attached hydrogens (tertiary/aromatic N) is 2. The number of benzene rings is 2. The molecule has 0 spiro atoms. The molecule has 0 bridgehead atoms. The normalized spacial score (nSPS) is 14.6.